The number of hydrogen-bond donors (Lipinski definition) is 1. The number of ether oxygens (including phenoxy) is 1. The molecule has 0 aliphatic carbocycles. The average Bonchev–Trinajstić information content (AvgIpc) is 3.37. The molecule has 10 heteroatoms. The highest BCUT2D eigenvalue weighted by Gasteiger charge is 2.25. The van der Waals surface area contributed by atoms with Gasteiger partial charge in [0.25, 0.3) is 5.91 Å². The third kappa shape index (κ3) is 5.00. The van der Waals surface area contributed by atoms with Crippen LogP contribution >= 0.6 is 11.3 Å². The second-order valence-electron chi connectivity index (χ2n) is 9.52. The number of benzene rings is 1. The van der Waals surface area contributed by atoms with Crippen molar-refractivity contribution in [1.29, 1.82) is 0 Å². The molecule has 1 atom stereocenters. The first kappa shape index (κ1) is 23.8. The summed E-state index contributed by atoms with van der Waals surface area (Å²) in [6, 6.07) is 13.8. The predicted molar refractivity (Wildman–Crippen MR) is 146 cm³/mol. The number of nitrogen functional groups attached to an aromatic ring is 1. The summed E-state index contributed by atoms with van der Waals surface area (Å²) in [5.41, 5.74) is 9.44. The lowest BCUT2D eigenvalue weighted by molar-refractivity contribution is 0.0390. The summed E-state index contributed by atoms with van der Waals surface area (Å²) in [6.45, 7) is 5.34. The molecule has 190 valence electrons. The van der Waals surface area contributed by atoms with E-state index in [4.69, 9.17) is 15.5 Å². The number of nitrogens with two attached hydrogens (primary N) is 1. The highest BCUT2D eigenvalue weighted by molar-refractivity contribution is 7.22. The molecule has 3 aromatic heterocycles. The predicted octanol–water partition coefficient (Wildman–Crippen LogP) is 3.30. The van der Waals surface area contributed by atoms with Crippen molar-refractivity contribution >= 4 is 39.2 Å². The molecule has 2 fully saturated rings. The Morgan fingerprint density at radius 2 is 1.84 bits per heavy atom. The number of thiophene rings is 1. The molecule has 0 radical (unpaired) electrons. The lowest BCUT2D eigenvalue weighted by atomic mass is 10.1. The first-order valence-corrected chi connectivity index (χ1v) is 13.3. The van der Waals surface area contributed by atoms with E-state index in [2.05, 4.69) is 32.9 Å². The van der Waals surface area contributed by atoms with Gasteiger partial charge in [-0.05, 0) is 36.9 Å². The van der Waals surface area contributed by atoms with Crippen LogP contribution in [0.15, 0.2) is 54.9 Å². The minimum atomic E-state index is -0.105. The molecule has 37 heavy (non-hydrogen) atoms. The van der Waals surface area contributed by atoms with Crippen molar-refractivity contribution in [3.63, 3.8) is 0 Å². The Kier molecular flexibility index (Phi) is 6.45. The van der Waals surface area contributed by atoms with Crippen LogP contribution < -0.4 is 10.6 Å². The fourth-order valence-electron chi connectivity index (χ4n) is 4.73. The summed E-state index contributed by atoms with van der Waals surface area (Å²) < 4.78 is 7.00. The highest BCUT2D eigenvalue weighted by atomic mass is 32.1. The minimum Gasteiger partial charge on any atom is -0.384 e. The topological polar surface area (TPSA) is 101 Å². The van der Waals surface area contributed by atoms with Crippen molar-refractivity contribution in [3.05, 3.63) is 66.0 Å². The third-order valence-electron chi connectivity index (χ3n) is 7.00. The second kappa shape index (κ2) is 10.0. The molecule has 1 amide bonds. The number of morpholine rings is 1. The van der Waals surface area contributed by atoms with E-state index in [1.54, 1.807) is 23.6 Å². The van der Waals surface area contributed by atoms with Crippen LogP contribution in [0.3, 0.4) is 0 Å². The van der Waals surface area contributed by atoms with E-state index in [1.807, 2.05) is 41.4 Å². The van der Waals surface area contributed by atoms with Crippen LogP contribution in [0.2, 0.25) is 0 Å². The second-order valence-corrected chi connectivity index (χ2v) is 10.6. The van der Waals surface area contributed by atoms with Gasteiger partial charge in [-0.25, -0.2) is 15.0 Å². The molecule has 1 unspecified atom stereocenters. The minimum absolute atomic E-state index is 0.102. The Bertz CT molecular complexity index is 1400. The molecule has 2 aliphatic heterocycles. The Labute approximate surface area is 219 Å². The molecule has 6 rings (SSSR count). The van der Waals surface area contributed by atoms with E-state index < -0.39 is 0 Å². The number of anilines is 2. The highest BCUT2D eigenvalue weighted by Crippen LogP contribution is 2.34. The van der Waals surface area contributed by atoms with Gasteiger partial charge in [0, 0.05) is 54.9 Å². The van der Waals surface area contributed by atoms with Gasteiger partial charge in [0.2, 0.25) is 5.95 Å². The normalized spacial score (nSPS) is 18.9. The molecule has 9 nitrogen and oxygen atoms in total. The maximum atomic E-state index is 12.9. The summed E-state index contributed by atoms with van der Waals surface area (Å²) in [5.74, 6) is 1.29. The molecule has 2 N–H and O–H groups in total. The molecule has 5 heterocycles. The standard InChI is InChI=1S/C27H29N7O2S/c1-32-8-10-33(11-9-32)26(35)19-4-2-18(3-5-19)23-14-21-24(37-23)16-30-27(31-21)34-12-13-36-22(17-34)20-6-7-25(28)29-15-20/h2-7,14-16,22H,8-13,17H2,1H3,(H2,28,29). The summed E-state index contributed by atoms with van der Waals surface area (Å²) in [5, 5.41) is 0. The zero-order chi connectivity index (χ0) is 25.4. The number of rotatable bonds is 4. The number of amides is 1. The fourth-order valence-corrected chi connectivity index (χ4v) is 5.71. The Balaban J connectivity index is 1.18. The number of carbonyl (C=O) groups is 1. The quantitative estimate of drug-likeness (QED) is 0.442. The molecular formula is C27H29N7O2S. The molecule has 4 aromatic rings. The smallest absolute Gasteiger partial charge is 0.253 e. The zero-order valence-electron chi connectivity index (χ0n) is 20.7. The summed E-state index contributed by atoms with van der Waals surface area (Å²) in [7, 11) is 2.09. The van der Waals surface area contributed by atoms with Gasteiger partial charge in [0.1, 0.15) is 11.9 Å². The molecule has 0 spiro atoms. The summed E-state index contributed by atoms with van der Waals surface area (Å²) in [6.07, 6.45) is 3.56. The summed E-state index contributed by atoms with van der Waals surface area (Å²) in [4.78, 5) is 34.0. The van der Waals surface area contributed by atoms with Crippen molar-refractivity contribution < 1.29 is 9.53 Å². The first-order valence-electron chi connectivity index (χ1n) is 12.5. The number of aromatic nitrogens is 3. The Hall–Kier alpha value is -3.60. The lowest BCUT2D eigenvalue weighted by Crippen LogP contribution is -2.47. The maximum Gasteiger partial charge on any atom is 0.253 e. The third-order valence-corrected chi connectivity index (χ3v) is 8.10. The summed E-state index contributed by atoms with van der Waals surface area (Å²) >= 11 is 1.66. The van der Waals surface area contributed by atoms with Gasteiger partial charge in [0.05, 0.1) is 29.6 Å². The van der Waals surface area contributed by atoms with E-state index in [9.17, 15) is 4.79 Å². The number of likely N-dealkylation sites (N-methyl/N-ethyl adjacent to an activating group) is 1. The molecule has 1 aromatic carbocycles. The average molecular weight is 516 g/mol. The van der Waals surface area contributed by atoms with Crippen LogP contribution in [0.4, 0.5) is 11.8 Å². The SMILES string of the molecule is CN1CCN(C(=O)c2ccc(-c3cc4nc(N5CCOC(c6ccc(N)nc6)C5)ncc4s3)cc2)CC1. The van der Waals surface area contributed by atoms with E-state index in [0.717, 1.165) is 64.5 Å². The Morgan fingerprint density at radius 3 is 2.59 bits per heavy atom. The monoisotopic (exact) mass is 515 g/mol. The molecular weight excluding hydrogens is 486 g/mol. The van der Waals surface area contributed by atoms with Crippen LogP contribution in [0.1, 0.15) is 22.0 Å². The van der Waals surface area contributed by atoms with Gasteiger partial charge in [-0.3, -0.25) is 4.79 Å². The van der Waals surface area contributed by atoms with Gasteiger partial charge in [0.15, 0.2) is 0 Å². The van der Waals surface area contributed by atoms with Crippen molar-refractivity contribution in [2.24, 2.45) is 0 Å². The van der Waals surface area contributed by atoms with Crippen molar-refractivity contribution in [3.8, 4) is 10.4 Å². The van der Waals surface area contributed by atoms with Crippen molar-refractivity contribution in [1.82, 2.24) is 24.8 Å². The van der Waals surface area contributed by atoms with E-state index >= 15 is 0 Å². The molecule has 2 aliphatic rings. The number of hydrogen-bond acceptors (Lipinski definition) is 9. The van der Waals surface area contributed by atoms with Crippen LogP contribution in [-0.4, -0.2) is 83.6 Å². The fraction of sp³-hybridized carbons (Fsp3) is 0.333. The van der Waals surface area contributed by atoms with Gasteiger partial charge >= 0.3 is 0 Å². The number of carbonyl (C=O) groups excluding carboxylic acids is 1. The van der Waals surface area contributed by atoms with Crippen molar-refractivity contribution in [2.45, 2.75) is 6.10 Å². The number of nitrogens with zero attached hydrogens (tertiary/aromatic N) is 6. The largest absolute Gasteiger partial charge is 0.384 e. The molecule has 0 bridgehead atoms. The first-order chi connectivity index (χ1) is 18.0. The van der Waals surface area contributed by atoms with E-state index in [1.165, 1.54) is 0 Å². The molecule has 2 saturated heterocycles. The Morgan fingerprint density at radius 1 is 1.03 bits per heavy atom. The maximum absolute atomic E-state index is 12.9. The van der Waals surface area contributed by atoms with Crippen LogP contribution in [0, 0.1) is 0 Å². The lowest BCUT2D eigenvalue weighted by Gasteiger charge is -2.33. The van der Waals surface area contributed by atoms with E-state index in [0.29, 0.717) is 24.9 Å². The number of pyridine rings is 1. The van der Waals surface area contributed by atoms with Crippen LogP contribution in [0.5, 0.6) is 0 Å². The van der Waals surface area contributed by atoms with Crippen molar-refractivity contribution in [2.75, 3.05) is 63.6 Å². The zero-order valence-corrected chi connectivity index (χ0v) is 21.5. The number of piperazine rings is 1. The van der Waals surface area contributed by atoms with E-state index in [-0.39, 0.29) is 12.0 Å². The number of fused-ring (bicyclic) bond motifs is 1. The van der Waals surface area contributed by atoms with Crippen LogP contribution in [0.25, 0.3) is 20.7 Å². The molecule has 0 saturated carbocycles. The van der Waals surface area contributed by atoms with Gasteiger partial charge < -0.3 is 25.2 Å². The van der Waals surface area contributed by atoms with Crippen LogP contribution in [-0.2, 0) is 4.74 Å². The van der Waals surface area contributed by atoms with Gasteiger partial charge in [-0.1, -0.05) is 18.2 Å². The van der Waals surface area contributed by atoms with Gasteiger partial charge in [-0.2, -0.15) is 0 Å². The van der Waals surface area contributed by atoms with Gasteiger partial charge in [-0.15, -0.1) is 11.3 Å².